The van der Waals surface area contributed by atoms with E-state index < -0.39 is 17.8 Å². The normalized spacial score (nSPS) is 14.5. The zero-order valence-corrected chi connectivity index (χ0v) is 21.6. The average molecular weight is 559 g/mol. The summed E-state index contributed by atoms with van der Waals surface area (Å²) in [5.41, 5.74) is 2.07. The first-order chi connectivity index (χ1) is 18.7. The van der Waals surface area contributed by atoms with Crippen LogP contribution in [0, 0.1) is 0 Å². The van der Waals surface area contributed by atoms with Gasteiger partial charge in [-0.25, -0.2) is 4.79 Å². The molecule has 1 aromatic heterocycles. The quantitative estimate of drug-likeness (QED) is 0.182. The molecular weight excluding hydrogens is 540 g/mol. The number of halogens is 1. The van der Waals surface area contributed by atoms with Crippen molar-refractivity contribution in [3.05, 3.63) is 101 Å². The van der Waals surface area contributed by atoms with Gasteiger partial charge in [0.2, 0.25) is 5.91 Å². The third kappa shape index (κ3) is 5.28. The summed E-state index contributed by atoms with van der Waals surface area (Å²) in [6.45, 7) is -0.0153. The minimum absolute atomic E-state index is 0.0153. The lowest BCUT2D eigenvalue weighted by molar-refractivity contribution is -0.122. The molecule has 0 saturated carbocycles. The van der Waals surface area contributed by atoms with Gasteiger partial charge in [0.25, 0.3) is 11.8 Å². The summed E-state index contributed by atoms with van der Waals surface area (Å²) in [6.07, 6.45) is 3.15. The second kappa shape index (κ2) is 10.5. The number of rotatable bonds is 6. The molecule has 0 spiro atoms. The molecule has 1 fully saturated rings. The molecule has 4 aromatic rings. The maximum absolute atomic E-state index is 13.4. The predicted molar refractivity (Wildman–Crippen MR) is 152 cm³/mol. The van der Waals surface area contributed by atoms with E-state index in [2.05, 4.69) is 10.6 Å². The zero-order chi connectivity index (χ0) is 27.7. The fourth-order valence-electron chi connectivity index (χ4n) is 4.21. The lowest BCUT2D eigenvalue weighted by Crippen LogP contribution is -2.54. The summed E-state index contributed by atoms with van der Waals surface area (Å²) in [7, 11) is 0. The molecule has 39 heavy (non-hydrogen) atoms. The Morgan fingerprint density at radius 2 is 1.69 bits per heavy atom. The molecule has 3 amide bonds. The summed E-state index contributed by atoms with van der Waals surface area (Å²) in [6, 6.07) is 19.6. The van der Waals surface area contributed by atoms with Crippen molar-refractivity contribution in [1.29, 1.82) is 0 Å². The number of aromatic carboxylic acids is 1. The number of nitrogens with zero attached hydrogens (tertiary/aromatic N) is 2. The molecule has 0 bridgehead atoms. The van der Waals surface area contributed by atoms with Crippen molar-refractivity contribution in [1.82, 2.24) is 9.88 Å². The summed E-state index contributed by atoms with van der Waals surface area (Å²) in [4.78, 5) is 51.3. The topological polar surface area (TPSA) is 121 Å². The molecule has 0 radical (unpaired) electrons. The number of aromatic nitrogens is 1. The number of amides is 3. The van der Waals surface area contributed by atoms with Crippen molar-refractivity contribution in [2.24, 2.45) is 0 Å². The Labute approximate surface area is 232 Å². The first-order valence-electron chi connectivity index (χ1n) is 11.6. The Morgan fingerprint density at radius 1 is 1.00 bits per heavy atom. The van der Waals surface area contributed by atoms with Crippen molar-refractivity contribution >= 4 is 81.0 Å². The van der Waals surface area contributed by atoms with Gasteiger partial charge in [0.1, 0.15) is 12.1 Å². The number of anilines is 2. The van der Waals surface area contributed by atoms with Crippen molar-refractivity contribution in [2.75, 3.05) is 10.2 Å². The maximum Gasteiger partial charge on any atom is 0.335 e. The van der Waals surface area contributed by atoms with Crippen LogP contribution in [0.15, 0.2) is 84.6 Å². The largest absolute Gasteiger partial charge is 0.478 e. The van der Waals surface area contributed by atoms with Gasteiger partial charge in [-0.3, -0.25) is 24.6 Å². The SMILES string of the molecule is O=C(Cn1cc(/C=C2\C(=O)NC(=S)N(c3ccc(C(=O)O)cc3)C2=O)c2ccccc21)Nc1ccc(Cl)cc1. The van der Waals surface area contributed by atoms with Crippen LogP contribution in [0.25, 0.3) is 17.0 Å². The molecular formula is C28H19ClN4O5S. The maximum atomic E-state index is 13.4. The molecule has 0 unspecified atom stereocenters. The van der Waals surface area contributed by atoms with Crippen molar-refractivity contribution in [2.45, 2.75) is 6.54 Å². The van der Waals surface area contributed by atoms with Crippen LogP contribution in [0.3, 0.4) is 0 Å². The van der Waals surface area contributed by atoms with E-state index in [4.69, 9.17) is 28.9 Å². The third-order valence-electron chi connectivity index (χ3n) is 6.04. The lowest BCUT2D eigenvalue weighted by Gasteiger charge is -2.28. The molecule has 9 nitrogen and oxygen atoms in total. The highest BCUT2D eigenvalue weighted by atomic mass is 35.5. The molecule has 1 saturated heterocycles. The molecule has 194 valence electrons. The van der Waals surface area contributed by atoms with Crippen molar-refractivity contribution < 1.29 is 24.3 Å². The van der Waals surface area contributed by atoms with E-state index in [0.717, 1.165) is 15.8 Å². The lowest BCUT2D eigenvalue weighted by atomic mass is 10.1. The zero-order valence-electron chi connectivity index (χ0n) is 20.1. The van der Waals surface area contributed by atoms with Gasteiger partial charge in [-0.05, 0) is 72.9 Å². The van der Waals surface area contributed by atoms with Crippen LogP contribution >= 0.6 is 23.8 Å². The van der Waals surface area contributed by atoms with Gasteiger partial charge < -0.3 is 15.0 Å². The number of carboxylic acids is 1. The van der Waals surface area contributed by atoms with Gasteiger partial charge in [0.05, 0.1) is 11.3 Å². The second-order valence-corrected chi connectivity index (χ2v) is 9.42. The molecule has 11 heteroatoms. The van der Waals surface area contributed by atoms with Gasteiger partial charge >= 0.3 is 5.97 Å². The average Bonchev–Trinajstić information content (AvgIpc) is 3.25. The minimum Gasteiger partial charge on any atom is -0.478 e. The summed E-state index contributed by atoms with van der Waals surface area (Å²) >= 11 is 11.1. The molecule has 1 aliphatic heterocycles. The molecule has 3 N–H and O–H groups in total. The monoisotopic (exact) mass is 558 g/mol. The van der Waals surface area contributed by atoms with Crippen LogP contribution in [0.2, 0.25) is 5.02 Å². The summed E-state index contributed by atoms with van der Waals surface area (Å²) in [5.74, 6) is -2.71. The van der Waals surface area contributed by atoms with E-state index in [1.54, 1.807) is 35.0 Å². The van der Waals surface area contributed by atoms with Crippen LogP contribution in [0.5, 0.6) is 0 Å². The van der Waals surface area contributed by atoms with Gasteiger partial charge in [-0.15, -0.1) is 0 Å². The van der Waals surface area contributed by atoms with Crippen molar-refractivity contribution in [3.8, 4) is 0 Å². The number of nitrogens with one attached hydrogen (secondary N) is 2. The Bertz CT molecular complexity index is 1690. The fraction of sp³-hybridized carbons (Fsp3) is 0.0357. The Hall–Kier alpha value is -4.80. The molecule has 5 rings (SSSR count). The van der Waals surface area contributed by atoms with Crippen LogP contribution < -0.4 is 15.5 Å². The first-order valence-corrected chi connectivity index (χ1v) is 12.4. The number of hydrogen-bond acceptors (Lipinski definition) is 5. The molecule has 1 aliphatic rings. The van der Waals surface area contributed by atoms with Gasteiger partial charge in [-0.2, -0.15) is 0 Å². The number of para-hydroxylation sites is 1. The Kier molecular flexibility index (Phi) is 6.97. The highest BCUT2D eigenvalue weighted by molar-refractivity contribution is 7.80. The standard InChI is InChI=1S/C28H19ClN4O5S/c29-18-7-9-19(10-8-18)30-24(34)15-32-14-17(21-3-1-2-4-23(21)32)13-22-25(35)31-28(39)33(26(22)36)20-11-5-16(6-12-20)27(37)38/h1-14H,15H2,(H,30,34)(H,37,38)(H,31,35,39)/b22-13+. The minimum atomic E-state index is -1.11. The fourth-order valence-corrected chi connectivity index (χ4v) is 4.62. The van der Waals surface area contributed by atoms with Crippen LogP contribution in [0.1, 0.15) is 15.9 Å². The van der Waals surface area contributed by atoms with E-state index >= 15 is 0 Å². The number of hydrogen-bond donors (Lipinski definition) is 3. The Balaban J connectivity index is 1.46. The number of carboxylic acid groups (broad SMARTS) is 1. The van der Waals surface area contributed by atoms with E-state index in [0.29, 0.717) is 22.0 Å². The van der Waals surface area contributed by atoms with E-state index in [9.17, 15) is 19.2 Å². The van der Waals surface area contributed by atoms with Crippen molar-refractivity contribution in [3.63, 3.8) is 0 Å². The van der Waals surface area contributed by atoms with Crippen LogP contribution in [-0.2, 0) is 20.9 Å². The molecule has 2 heterocycles. The van der Waals surface area contributed by atoms with E-state index in [-0.39, 0.29) is 28.7 Å². The Morgan fingerprint density at radius 3 is 2.38 bits per heavy atom. The van der Waals surface area contributed by atoms with Gasteiger partial charge in [-0.1, -0.05) is 29.8 Å². The van der Waals surface area contributed by atoms with E-state index in [1.807, 2.05) is 24.3 Å². The number of fused-ring (bicyclic) bond motifs is 1. The predicted octanol–water partition coefficient (Wildman–Crippen LogP) is 4.46. The van der Waals surface area contributed by atoms with E-state index in [1.165, 1.54) is 30.3 Å². The molecule has 0 atom stereocenters. The highest BCUT2D eigenvalue weighted by Gasteiger charge is 2.34. The summed E-state index contributed by atoms with van der Waals surface area (Å²) < 4.78 is 1.73. The van der Waals surface area contributed by atoms with Gasteiger partial charge in [0, 0.05) is 33.4 Å². The van der Waals surface area contributed by atoms with Gasteiger partial charge in [0.15, 0.2) is 5.11 Å². The first kappa shape index (κ1) is 25.8. The number of benzene rings is 3. The molecule has 3 aromatic carbocycles. The number of carbonyl (C=O) groups excluding carboxylic acids is 3. The smallest absolute Gasteiger partial charge is 0.335 e. The van der Waals surface area contributed by atoms with Crippen LogP contribution in [0.4, 0.5) is 11.4 Å². The highest BCUT2D eigenvalue weighted by Crippen LogP contribution is 2.27. The van der Waals surface area contributed by atoms with Crippen LogP contribution in [-0.4, -0.2) is 38.5 Å². The molecule has 0 aliphatic carbocycles. The number of carbonyl (C=O) groups is 4. The summed E-state index contributed by atoms with van der Waals surface area (Å²) in [5, 5.41) is 15.7. The third-order valence-corrected chi connectivity index (χ3v) is 6.57. The second-order valence-electron chi connectivity index (χ2n) is 8.59. The number of thiocarbonyl (C=S) groups is 1.